The van der Waals surface area contributed by atoms with Gasteiger partial charge in [0.1, 0.15) is 0 Å². The van der Waals surface area contributed by atoms with E-state index in [9.17, 15) is 5.11 Å². The third-order valence-electron chi connectivity index (χ3n) is 2.80. The van der Waals surface area contributed by atoms with Crippen molar-refractivity contribution in [2.24, 2.45) is 0 Å². The molecule has 0 amide bonds. The van der Waals surface area contributed by atoms with Crippen LogP contribution < -0.4 is 0 Å². The van der Waals surface area contributed by atoms with Crippen molar-refractivity contribution < 1.29 is 5.11 Å². The lowest BCUT2D eigenvalue weighted by molar-refractivity contribution is -0.106. The summed E-state index contributed by atoms with van der Waals surface area (Å²) in [7, 11) is 0. The Kier molecular flexibility index (Phi) is 3.09. The molecule has 0 aromatic carbocycles. The van der Waals surface area contributed by atoms with Crippen molar-refractivity contribution in [2.45, 2.75) is 38.8 Å². The summed E-state index contributed by atoms with van der Waals surface area (Å²) in [6.45, 7) is 6.72. The van der Waals surface area contributed by atoms with E-state index in [0.717, 1.165) is 37.5 Å². The number of rotatable bonds is 4. The van der Waals surface area contributed by atoms with Gasteiger partial charge in [-0.3, -0.25) is 4.90 Å². The molecule has 0 saturated carbocycles. The van der Waals surface area contributed by atoms with Crippen LogP contribution in [0.15, 0.2) is 6.20 Å². The maximum Gasteiger partial charge on any atom is 0.0900 e. The largest absolute Gasteiger partial charge is 0.387 e. The maximum atomic E-state index is 10.0. The van der Waals surface area contributed by atoms with Crippen molar-refractivity contribution in [1.82, 2.24) is 9.88 Å². The lowest BCUT2D eigenvalue weighted by Gasteiger charge is -2.46. The van der Waals surface area contributed by atoms with E-state index in [1.807, 2.05) is 13.1 Å². The first-order chi connectivity index (χ1) is 7.11. The Hall–Kier alpha value is -0.450. The molecule has 1 saturated heterocycles. The van der Waals surface area contributed by atoms with Gasteiger partial charge in [-0.1, -0.05) is 13.3 Å². The zero-order chi connectivity index (χ0) is 10.9. The number of β-amino-alcohol motifs (C(OH)–C–C–N with tert-alkyl or cyclic N) is 1. The summed E-state index contributed by atoms with van der Waals surface area (Å²) in [5.74, 6) is 0. The fraction of sp³-hybridized carbons (Fsp3) is 0.727. The second kappa shape index (κ2) is 4.20. The van der Waals surface area contributed by atoms with Crippen molar-refractivity contribution in [1.29, 1.82) is 0 Å². The van der Waals surface area contributed by atoms with E-state index in [0.29, 0.717) is 0 Å². The maximum absolute atomic E-state index is 10.0. The standard InChI is InChI=1S/C11H18N2OS/c1-3-4-11(14)7-13(8-11)6-10-5-12-9(2)15-10/h5,14H,3-4,6-8H2,1-2H3. The second-order valence-corrected chi connectivity index (χ2v) is 5.78. The van der Waals surface area contributed by atoms with Gasteiger partial charge in [0.15, 0.2) is 0 Å². The first-order valence-corrected chi connectivity index (χ1v) is 6.29. The number of hydrogen-bond donors (Lipinski definition) is 1. The normalized spacial score (nSPS) is 20.2. The molecule has 0 spiro atoms. The molecule has 0 radical (unpaired) electrons. The van der Waals surface area contributed by atoms with E-state index in [-0.39, 0.29) is 0 Å². The van der Waals surface area contributed by atoms with Crippen LogP contribution in [0.5, 0.6) is 0 Å². The van der Waals surface area contributed by atoms with Crippen LogP contribution in [0, 0.1) is 6.92 Å². The number of thiazole rings is 1. The smallest absolute Gasteiger partial charge is 0.0900 e. The molecule has 1 fully saturated rings. The molecule has 0 bridgehead atoms. The van der Waals surface area contributed by atoms with Gasteiger partial charge in [0.05, 0.1) is 10.6 Å². The average Bonchev–Trinajstić information content (AvgIpc) is 2.49. The minimum Gasteiger partial charge on any atom is -0.387 e. The van der Waals surface area contributed by atoms with Gasteiger partial charge >= 0.3 is 0 Å². The van der Waals surface area contributed by atoms with Crippen molar-refractivity contribution in [3.63, 3.8) is 0 Å². The lowest BCUT2D eigenvalue weighted by Crippen LogP contribution is -2.60. The third-order valence-corrected chi connectivity index (χ3v) is 3.70. The summed E-state index contributed by atoms with van der Waals surface area (Å²) in [4.78, 5) is 7.81. The average molecular weight is 226 g/mol. The van der Waals surface area contributed by atoms with Crippen LogP contribution in [0.25, 0.3) is 0 Å². The molecule has 1 N–H and O–H groups in total. The van der Waals surface area contributed by atoms with E-state index in [2.05, 4.69) is 16.8 Å². The van der Waals surface area contributed by atoms with Crippen LogP contribution >= 0.6 is 11.3 Å². The molecule has 0 aliphatic carbocycles. The van der Waals surface area contributed by atoms with Crippen molar-refractivity contribution >= 4 is 11.3 Å². The van der Waals surface area contributed by atoms with E-state index in [1.165, 1.54) is 4.88 Å². The molecule has 1 aliphatic rings. The minimum absolute atomic E-state index is 0.408. The van der Waals surface area contributed by atoms with Crippen molar-refractivity contribution in [2.75, 3.05) is 13.1 Å². The number of aryl methyl sites for hydroxylation is 1. The first-order valence-electron chi connectivity index (χ1n) is 5.47. The van der Waals surface area contributed by atoms with E-state index < -0.39 is 5.60 Å². The Morgan fingerprint density at radius 2 is 2.33 bits per heavy atom. The predicted octanol–water partition coefficient (Wildman–Crippen LogP) is 1.80. The monoisotopic (exact) mass is 226 g/mol. The highest BCUT2D eigenvalue weighted by molar-refractivity contribution is 7.11. The SMILES string of the molecule is CCCC1(O)CN(Cc2cnc(C)s2)C1. The minimum atomic E-state index is -0.408. The van der Waals surface area contributed by atoms with Gasteiger partial charge in [0.25, 0.3) is 0 Å². The second-order valence-electron chi connectivity index (χ2n) is 4.47. The quantitative estimate of drug-likeness (QED) is 0.850. The molecule has 15 heavy (non-hydrogen) atoms. The van der Waals surface area contributed by atoms with Gasteiger partial charge in [0.2, 0.25) is 0 Å². The molecular formula is C11H18N2OS. The molecule has 0 atom stereocenters. The first kappa shape index (κ1) is 11.0. The van der Waals surface area contributed by atoms with Gasteiger partial charge < -0.3 is 5.11 Å². The van der Waals surface area contributed by atoms with Crippen molar-refractivity contribution in [3.05, 3.63) is 16.1 Å². The van der Waals surface area contributed by atoms with Gasteiger partial charge in [-0.15, -0.1) is 11.3 Å². The lowest BCUT2D eigenvalue weighted by atomic mass is 9.89. The molecule has 1 aromatic heterocycles. The summed E-state index contributed by atoms with van der Waals surface area (Å²) >= 11 is 1.74. The Bertz CT molecular complexity index is 331. The van der Waals surface area contributed by atoms with Gasteiger partial charge in [-0.05, 0) is 13.3 Å². The van der Waals surface area contributed by atoms with Crippen LogP contribution in [-0.2, 0) is 6.54 Å². The molecule has 2 heterocycles. The zero-order valence-electron chi connectivity index (χ0n) is 9.36. The molecule has 3 nitrogen and oxygen atoms in total. The molecule has 1 aromatic rings. The zero-order valence-corrected chi connectivity index (χ0v) is 10.2. The topological polar surface area (TPSA) is 36.4 Å². The van der Waals surface area contributed by atoms with Crippen molar-refractivity contribution in [3.8, 4) is 0 Å². The fourth-order valence-corrected chi connectivity index (χ4v) is 3.06. The number of aromatic nitrogens is 1. The Balaban J connectivity index is 1.80. The van der Waals surface area contributed by atoms with E-state index in [4.69, 9.17) is 0 Å². The van der Waals surface area contributed by atoms with Crippen LogP contribution in [0.2, 0.25) is 0 Å². The summed E-state index contributed by atoms with van der Waals surface area (Å²) in [5, 5.41) is 11.1. The van der Waals surface area contributed by atoms with Crippen LogP contribution in [-0.4, -0.2) is 33.7 Å². The van der Waals surface area contributed by atoms with Crippen LogP contribution in [0.3, 0.4) is 0 Å². The number of likely N-dealkylation sites (tertiary alicyclic amines) is 1. The summed E-state index contributed by atoms with van der Waals surface area (Å²) < 4.78 is 0. The Morgan fingerprint density at radius 3 is 2.87 bits per heavy atom. The molecule has 2 rings (SSSR count). The van der Waals surface area contributed by atoms with Crippen LogP contribution in [0.1, 0.15) is 29.7 Å². The van der Waals surface area contributed by atoms with E-state index >= 15 is 0 Å². The highest BCUT2D eigenvalue weighted by Gasteiger charge is 2.39. The third kappa shape index (κ3) is 2.56. The van der Waals surface area contributed by atoms with Gasteiger partial charge in [0, 0.05) is 30.7 Å². The number of hydrogen-bond acceptors (Lipinski definition) is 4. The van der Waals surface area contributed by atoms with Crippen LogP contribution in [0.4, 0.5) is 0 Å². The predicted molar refractivity (Wildman–Crippen MR) is 62.0 cm³/mol. The fourth-order valence-electron chi connectivity index (χ4n) is 2.22. The summed E-state index contributed by atoms with van der Waals surface area (Å²) in [5.41, 5.74) is -0.408. The van der Waals surface area contributed by atoms with Gasteiger partial charge in [-0.2, -0.15) is 0 Å². The highest BCUT2D eigenvalue weighted by Crippen LogP contribution is 2.28. The Labute approximate surface area is 94.8 Å². The van der Waals surface area contributed by atoms with Gasteiger partial charge in [-0.25, -0.2) is 4.98 Å². The number of nitrogens with zero attached hydrogens (tertiary/aromatic N) is 2. The molecular weight excluding hydrogens is 208 g/mol. The molecule has 0 unspecified atom stereocenters. The molecule has 84 valence electrons. The Morgan fingerprint density at radius 1 is 1.60 bits per heavy atom. The molecule has 1 aliphatic heterocycles. The highest BCUT2D eigenvalue weighted by atomic mass is 32.1. The molecule has 4 heteroatoms. The number of aliphatic hydroxyl groups is 1. The van der Waals surface area contributed by atoms with E-state index in [1.54, 1.807) is 11.3 Å². The summed E-state index contributed by atoms with van der Waals surface area (Å²) in [6.07, 6.45) is 3.92. The summed E-state index contributed by atoms with van der Waals surface area (Å²) in [6, 6.07) is 0.